The van der Waals surface area contributed by atoms with E-state index in [1.165, 1.54) is 12.1 Å². The highest BCUT2D eigenvalue weighted by molar-refractivity contribution is 5.92. The normalized spacial score (nSPS) is 12.1. The molecule has 2 aromatic rings. The van der Waals surface area contributed by atoms with Gasteiger partial charge in [0.25, 0.3) is 5.91 Å². The largest absolute Gasteiger partial charge is 0.392 e. The number of pyridine rings is 1. The van der Waals surface area contributed by atoms with Crippen LogP contribution in [0.1, 0.15) is 48.0 Å². The van der Waals surface area contributed by atoms with Gasteiger partial charge in [0, 0.05) is 25.4 Å². The summed E-state index contributed by atoms with van der Waals surface area (Å²) in [5, 5.41) is 21.0. The lowest BCUT2D eigenvalue weighted by atomic mass is 10.0. The average molecular weight is 421 g/mol. The van der Waals surface area contributed by atoms with Gasteiger partial charge in [0.15, 0.2) is 0 Å². The molecule has 0 fully saturated rings. The second-order valence-electron chi connectivity index (χ2n) is 6.71. The molecule has 0 spiro atoms. The standard InChI is InChI=1S/C14H21N3O3.C8H8F2/c1-4-11(8-15-7-10(3)18)12-5-13(14(19)17-20)16-6-9(12)2;1-2-6-3-4-7(9)5-8(6)10/h4-6,10,15,18,20H,7-8H2,1-3H3,(H,17,19);3-5H,2H2,1H3/b11-4-;. The summed E-state index contributed by atoms with van der Waals surface area (Å²) in [5.74, 6) is -1.61. The van der Waals surface area contributed by atoms with E-state index in [0.29, 0.717) is 25.1 Å². The molecule has 0 aliphatic rings. The molecule has 0 bridgehead atoms. The van der Waals surface area contributed by atoms with Gasteiger partial charge in [-0.3, -0.25) is 15.0 Å². The van der Waals surface area contributed by atoms with Crippen LogP contribution in [0.4, 0.5) is 8.78 Å². The molecule has 1 atom stereocenters. The highest BCUT2D eigenvalue weighted by atomic mass is 19.1. The predicted molar refractivity (Wildman–Crippen MR) is 112 cm³/mol. The number of amides is 1. The Morgan fingerprint density at radius 1 is 1.30 bits per heavy atom. The summed E-state index contributed by atoms with van der Waals surface area (Å²) in [4.78, 5) is 15.4. The third-order valence-electron chi connectivity index (χ3n) is 4.28. The molecule has 164 valence electrons. The number of aryl methyl sites for hydroxylation is 2. The molecule has 4 N–H and O–H groups in total. The van der Waals surface area contributed by atoms with Gasteiger partial charge in [0.05, 0.1) is 6.10 Å². The summed E-state index contributed by atoms with van der Waals surface area (Å²) in [7, 11) is 0. The number of hydrogen-bond acceptors (Lipinski definition) is 5. The van der Waals surface area contributed by atoms with Gasteiger partial charge in [-0.15, -0.1) is 0 Å². The van der Waals surface area contributed by atoms with Crippen molar-refractivity contribution >= 4 is 11.5 Å². The fraction of sp³-hybridized carbons (Fsp3) is 0.364. The summed E-state index contributed by atoms with van der Waals surface area (Å²) >= 11 is 0. The number of carbonyl (C=O) groups excluding carboxylic acids is 1. The van der Waals surface area contributed by atoms with E-state index in [-0.39, 0.29) is 5.69 Å². The smallest absolute Gasteiger partial charge is 0.293 e. The fourth-order valence-corrected chi connectivity index (χ4v) is 2.63. The Balaban J connectivity index is 0.000000375. The van der Waals surface area contributed by atoms with Crippen LogP contribution in [-0.4, -0.2) is 40.4 Å². The number of aromatic nitrogens is 1. The van der Waals surface area contributed by atoms with Crippen LogP contribution < -0.4 is 10.8 Å². The van der Waals surface area contributed by atoms with Crippen LogP contribution in [0, 0.1) is 18.6 Å². The van der Waals surface area contributed by atoms with Gasteiger partial charge >= 0.3 is 0 Å². The molecule has 1 unspecified atom stereocenters. The maximum absolute atomic E-state index is 12.6. The van der Waals surface area contributed by atoms with Crippen LogP contribution in [0.25, 0.3) is 5.57 Å². The van der Waals surface area contributed by atoms with E-state index in [1.807, 2.05) is 26.8 Å². The molecule has 1 heterocycles. The molecule has 30 heavy (non-hydrogen) atoms. The molecule has 0 saturated carbocycles. The average Bonchev–Trinajstić information content (AvgIpc) is 2.71. The Hall–Kier alpha value is -2.68. The predicted octanol–water partition coefficient (Wildman–Crippen LogP) is 3.41. The van der Waals surface area contributed by atoms with E-state index >= 15 is 0 Å². The third kappa shape index (κ3) is 7.98. The molecule has 0 aliphatic carbocycles. The molecule has 8 heteroatoms. The highest BCUT2D eigenvalue weighted by Crippen LogP contribution is 2.19. The van der Waals surface area contributed by atoms with E-state index in [2.05, 4.69) is 10.3 Å². The fourth-order valence-electron chi connectivity index (χ4n) is 2.63. The third-order valence-corrected chi connectivity index (χ3v) is 4.28. The molecular weight excluding hydrogens is 392 g/mol. The number of allylic oxidation sites excluding steroid dienone is 1. The van der Waals surface area contributed by atoms with Crippen LogP contribution >= 0.6 is 0 Å². The van der Waals surface area contributed by atoms with Crippen LogP contribution in [-0.2, 0) is 6.42 Å². The first-order valence-corrected chi connectivity index (χ1v) is 9.62. The molecule has 0 radical (unpaired) electrons. The van der Waals surface area contributed by atoms with Gasteiger partial charge in [0.1, 0.15) is 17.3 Å². The number of hydrogen-bond donors (Lipinski definition) is 4. The van der Waals surface area contributed by atoms with Crippen LogP contribution in [0.5, 0.6) is 0 Å². The number of carbonyl (C=O) groups is 1. The quantitative estimate of drug-likeness (QED) is 0.406. The molecule has 1 aromatic carbocycles. The Labute approximate surface area is 175 Å². The topological polar surface area (TPSA) is 94.5 Å². The van der Waals surface area contributed by atoms with Crippen molar-refractivity contribution in [2.24, 2.45) is 0 Å². The van der Waals surface area contributed by atoms with Crippen LogP contribution in [0.2, 0.25) is 0 Å². The van der Waals surface area contributed by atoms with E-state index in [4.69, 9.17) is 5.21 Å². The van der Waals surface area contributed by atoms with Gasteiger partial charge in [-0.05, 0) is 61.6 Å². The summed E-state index contributed by atoms with van der Waals surface area (Å²) < 4.78 is 24.9. The van der Waals surface area contributed by atoms with Crippen LogP contribution in [0.15, 0.2) is 36.5 Å². The van der Waals surface area contributed by atoms with Gasteiger partial charge in [0.2, 0.25) is 0 Å². The second kappa shape index (κ2) is 12.8. The van der Waals surface area contributed by atoms with Gasteiger partial charge < -0.3 is 10.4 Å². The van der Waals surface area contributed by atoms with Gasteiger partial charge in [-0.2, -0.15) is 0 Å². The SMILES string of the molecule is C/C=C(/CNCC(C)O)c1cc(C(=O)NO)ncc1C.CCc1ccc(F)cc1F. The number of nitrogens with one attached hydrogen (secondary N) is 2. The van der Waals surface area contributed by atoms with Crippen molar-refractivity contribution in [3.05, 3.63) is 70.6 Å². The van der Waals surface area contributed by atoms with Crippen molar-refractivity contribution in [3.63, 3.8) is 0 Å². The molecule has 0 aliphatic heterocycles. The lowest BCUT2D eigenvalue weighted by Gasteiger charge is -2.13. The number of aliphatic hydroxyl groups is 1. The van der Waals surface area contributed by atoms with E-state index in [0.717, 1.165) is 22.8 Å². The Morgan fingerprint density at radius 2 is 2.00 bits per heavy atom. The van der Waals surface area contributed by atoms with Crippen molar-refractivity contribution in [1.82, 2.24) is 15.8 Å². The van der Waals surface area contributed by atoms with E-state index in [1.54, 1.807) is 24.7 Å². The number of nitrogens with zero attached hydrogens (tertiary/aromatic N) is 1. The van der Waals surface area contributed by atoms with Crippen molar-refractivity contribution in [2.75, 3.05) is 13.1 Å². The van der Waals surface area contributed by atoms with Crippen molar-refractivity contribution < 1.29 is 23.9 Å². The lowest BCUT2D eigenvalue weighted by Crippen LogP contribution is -2.26. The minimum absolute atomic E-state index is 0.156. The second-order valence-corrected chi connectivity index (χ2v) is 6.71. The zero-order valence-corrected chi connectivity index (χ0v) is 17.7. The maximum atomic E-state index is 12.6. The van der Waals surface area contributed by atoms with Crippen molar-refractivity contribution in [1.29, 1.82) is 0 Å². The molecular formula is C22H29F2N3O3. The lowest BCUT2D eigenvalue weighted by molar-refractivity contribution is 0.0700. The van der Waals surface area contributed by atoms with Crippen molar-refractivity contribution in [3.8, 4) is 0 Å². The number of hydroxylamine groups is 1. The molecule has 1 aromatic heterocycles. The number of benzene rings is 1. The molecule has 6 nitrogen and oxygen atoms in total. The van der Waals surface area contributed by atoms with Gasteiger partial charge in [-0.1, -0.05) is 19.1 Å². The minimum atomic E-state index is -0.640. The monoisotopic (exact) mass is 421 g/mol. The first kappa shape index (κ1) is 25.4. The Bertz CT molecular complexity index is 871. The molecule has 1 amide bonds. The Kier molecular flexibility index (Phi) is 10.8. The summed E-state index contributed by atoms with van der Waals surface area (Å²) in [5.41, 5.74) is 5.11. The summed E-state index contributed by atoms with van der Waals surface area (Å²) in [6.07, 6.45) is 3.73. The molecule has 2 rings (SSSR count). The number of halogens is 2. The first-order valence-electron chi connectivity index (χ1n) is 9.62. The minimum Gasteiger partial charge on any atom is -0.392 e. The number of aliphatic hydroxyl groups excluding tert-OH is 1. The van der Waals surface area contributed by atoms with E-state index in [9.17, 15) is 18.7 Å². The zero-order chi connectivity index (χ0) is 22.7. The summed E-state index contributed by atoms with van der Waals surface area (Å²) in [6, 6.07) is 5.27. The summed E-state index contributed by atoms with van der Waals surface area (Å²) in [6.45, 7) is 8.42. The highest BCUT2D eigenvalue weighted by Gasteiger charge is 2.11. The maximum Gasteiger partial charge on any atom is 0.293 e. The number of rotatable bonds is 7. The van der Waals surface area contributed by atoms with Gasteiger partial charge in [-0.25, -0.2) is 14.3 Å². The first-order chi connectivity index (χ1) is 14.2. The zero-order valence-electron chi connectivity index (χ0n) is 17.7. The molecule has 0 saturated heterocycles. The van der Waals surface area contributed by atoms with Crippen LogP contribution in [0.3, 0.4) is 0 Å². The van der Waals surface area contributed by atoms with Crippen molar-refractivity contribution in [2.45, 2.75) is 40.2 Å². The van der Waals surface area contributed by atoms with E-state index < -0.39 is 23.6 Å². The Morgan fingerprint density at radius 3 is 2.53 bits per heavy atom.